The van der Waals surface area contributed by atoms with Crippen molar-refractivity contribution in [3.05, 3.63) is 0 Å². The number of aliphatic hydroxyl groups is 1. The van der Waals surface area contributed by atoms with E-state index >= 15 is 0 Å². The minimum atomic E-state index is -0.0596. The Balaban J connectivity index is 0.000000720. The SMILES string of the molecule is Cl.Cl.O[C@@H]1CCN([C@H]2CCNC2)C1. The van der Waals surface area contributed by atoms with Crippen molar-refractivity contribution in [2.75, 3.05) is 26.2 Å². The number of hydrogen-bond donors (Lipinski definition) is 2. The second-order valence-corrected chi connectivity index (χ2v) is 3.58. The largest absolute Gasteiger partial charge is 0.392 e. The van der Waals surface area contributed by atoms with Crippen LogP contribution in [0.4, 0.5) is 0 Å². The van der Waals surface area contributed by atoms with Gasteiger partial charge in [0.1, 0.15) is 0 Å². The molecule has 2 N–H and O–H groups in total. The number of β-amino-alcohol motifs (C(OH)–C–C–N with tert-alkyl or cyclic N) is 1. The fraction of sp³-hybridized carbons (Fsp3) is 1.00. The molecule has 0 radical (unpaired) electrons. The Morgan fingerprint density at radius 3 is 2.46 bits per heavy atom. The van der Waals surface area contributed by atoms with E-state index in [-0.39, 0.29) is 30.9 Å². The zero-order valence-corrected chi connectivity index (χ0v) is 9.24. The standard InChI is InChI=1S/C8H16N2O.2ClH/c11-8-2-4-10(6-8)7-1-3-9-5-7;;/h7-9,11H,1-6H2;2*1H/t7-,8+;;/m0../s1. The van der Waals surface area contributed by atoms with Crippen molar-refractivity contribution in [2.45, 2.75) is 25.0 Å². The van der Waals surface area contributed by atoms with Gasteiger partial charge >= 0.3 is 0 Å². The summed E-state index contributed by atoms with van der Waals surface area (Å²) in [5.74, 6) is 0. The van der Waals surface area contributed by atoms with Crippen LogP contribution in [0.25, 0.3) is 0 Å². The molecule has 2 fully saturated rings. The molecule has 0 aliphatic carbocycles. The fourth-order valence-corrected chi connectivity index (χ4v) is 2.05. The number of nitrogens with one attached hydrogen (secondary N) is 1. The molecule has 2 aliphatic heterocycles. The molecular formula is C8H18Cl2N2O. The molecule has 2 heterocycles. The Morgan fingerprint density at radius 2 is 2.00 bits per heavy atom. The van der Waals surface area contributed by atoms with E-state index in [0.29, 0.717) is 6.04 Å². The molecular weight excluding hydrogens is 211 g/mol. The molecule has 2 atom stereocenters. The number of hydrogen-bond acceptors (Lipinski definition) is 3. The van der Waals surface area contributed by atoms with Gasteiger partial charge in [-0.2, -0.15) is 0 Å². The van der Waals surface area contributed by atoms with Crippen molar-refractivity contribution in [3.8, 4) is 0 Å². The lowest BCUT2D eigenvalue weighted by Crippen LogP contribution is -2.35. The van der Waals surface area contributed by atoms with Gasteiger partial charge in [-0.15, -0.1) is 24.8 Å². The van der Waals surface area contributed by atoms with E-state index in [9.17, 15) is 5.11 Å². The lowest BCUT2D eigenvalue weighted by molar-refractivity contribution is 0.163. The first-order valence-electron chi connectivity index (χ1n) is 4.49. The van der Waals surface area contributed by atoms with Crippen LogP contribution in [0.5, 0.6) is 0 Å². The Bertz CT molecular complexity index is 142. The third-order valence-corrected chi connectivity index (χ3v) is 2.75. The Labute approximate surface area is 91.7 Å². The number of likely N-dealkylation sites (tertiary alicyclic amines) is 1. The van der Waals surface area contributed by atoms with E-state index < -0.39 is 0 Å². The predicted molar refractivity (Wildman–Crippen MR) is 58.0 cm³/mol. The van der Waals surface area contributed by atoms with Crippen LogP contribution in [0, 0.1) is 0 Å². The molecule has 0 aromatic carbocycles. The van der Waals surface area contributed by atoms with Gasteiger partial charge in [-0.1, -0.05) is 0 Å². The average Bonchev–Trinajstić information content (AvgIpc) is 2.55. The van der Waals surface area contributed by atoms with Gasteiger partial charge in [-0.25, -0.2) is 0 Å². The molecule has 80 valence electrons. The lowest BCUT2D eigenvalue weighted by atomic mass is 10.2. The fourth-order valence-electron chi connectivity index (χ4n) is 2.05. The van der Waals surface area contributed by atoms with E-state index in [4.69, 9.17) is 0 Å². The summed E-state index contributed by atoms with van der Waals surface area (Å²) in [6.07, 6.45) is 2.17. The van der Waals surface area contributed by atoms with Gasteiger partial charge < -0.3 is 10.4 Å². The molecule has 0 aromatic heterocycles. The maximum Gasteiger partial charge on any atom is 0.0679 e. The molecule has 0 amide bonds. The zero-order valence-electron chi connectivity index (χ0n) is 7.61. The maximum absolute atomic E-state index is 9.30. The zero-order chi connectivity index (χ0) is 7.68. The molecule has 2 saturated heterocycles. The van der Waals surface area contributed by atoms with E-state index in [1.807, 2.05) is 0 Å². The topological polar surface area (TPSA) is 35.5 Å². The summed E-state index contributed by atoms with van der Waals surface area (Å²) >= 11 is 0. The van der Waals surface area contributed by atoms with Crippen LogP contribution in [-0.2, 0) is 0 Å². The highest BCUT2D eigenvalue weighted by molar-refractivity contribution is 5.85. The first-order chi connectivity index (χ1) is 5.36. The van der Waals surface area contributed by atoms with Crippen LogP contribution in [0.2, 0.25) is 0 Å². The van der Waals surface area contributed by atoms with Crippen molar-refractivity contribution in [1.82, 2.24) is 10.2 Å². The predicted octanol–water partition coefficient (Wildman–Crippen LogP) is 0.259. The Hall–Kier alpha value is 0.460. The summed E-state index contributed by atoms with van der Waals surface area (Å²) in [7, 11) is 0. The normalized spacial score (nSPS) is 33.9. The minimum Gasteiger partial charge on any atom is -0.392 e. The van der Waals surface area contributed by atoms with Crippen molar-refractivity contribution in [1.29, 1.82) is 0 Å². The Kier molecular flexibility index (Phi) is 6.25. The molecule has 0 unspecified atom stereocenters. The summed E-state index contributed by atoms with van der Waals surface area (Å²) < 4.78 is 0. The van der Waals surface area contributed by atoms with Gasteiger partial charge in [-0.05, 0) is 19.4 Å². The second kappa shape index (κ2) is 6.04. The van der Waals surface area contributed by atoms with Gasteiger partial charge in [-0.3, -0.25) is 4.90 Å². The van der Waals surface area contributed by atoms with Crippen LogP contribution in [0.3, 0.4) is 0 Å². The molecule has 0 spiro atoms. The van der Waals surface area contributed by atoms with Gasteiger partial charge in [0.15, 0.2) is 0 Å². The summed E-state index contributed by atoms with van der Waals surface area (Å²) in [6, 6.07) is 0.701. The summed E-state index contributed by atoms with van der Waals surface area (Å²) in [6.45, 7) is 4.25. The number of nitrogens with zero attached hydrogens (tertiary/aromatic N) is 1. The number of rotatable bonds is 1. The van der Waals surface area contributed by atoms with Gasteiger partial charge in [0.05, 0.1) is 6.10 Å². The molecule has 2 aliphatic rings. The number of aliphatic hydroxyl groups excluding tert-OH is 1. The van der Waals surface area contributed by atoms with E-state index in [2.05, 4.69) is 10.2 Å². The van der Waals surface area contributed by atoms with Gasteiger partial charge in [0.2, 0.25) is 0 Å². The minimum absolute atomic E-state index is 0. The monoisotopic (exact) mass is 228 g/mol. The van der Waals surface area contributed by atoms with Crippen molar-refractivity contribution in [3.63, 3.8) is 0 Å². The van der Waals surface area contributed by atoms with Gasteiger partial charge in [0.25, 0.3) is 0 Å². The first-order valence-corrected chi connectivity index (χ1v) is 4.49. The Morgan fingerprint density at radius 1 is 1.23 bits per heavy atom. The van der Waals surface area contributed by atoms with E-state index in [1.54, 1.807) is 0 Å². The van der Waals surface area contributed by atoms with Crippen molar-refractivity contribution >= 4 is 24.8 Å². The van der Waals surface area contributed by atoms with Crippen LogP contribution in [0.1, 0.15) is 12.8 Å². The first kappa shape index (κ1) is 13.5. The number of halogens is 2. The molecule has 0 saturated carbocycles. The van der Waals surface area contributed by atoms with Crippen LogP contribution in [0.15, 0.2) is 0 Å². The van der Waals surface area contributed by atoms with Crippen LogP contribution in [-0.4, -0.2) is 48.3 Å². The smallest absolute Gasteiger partial charge is 0.0679 e. The molecule has 5 heteroatoms. The second-order valence-electron chi connectivity index (χ2n) is 3.58. The van der Waals surface area contributed by atoms with E-state index in [0.717, 1.165) is 32.6 Å². The quantitative estimate of drug-likeness (QED) is 0.677. The molecule has 13 heavy (non-hydrogen) atoms. The summed E-state index contributed by atoms with van der Waals surface area (Å²) in [5, 5.41) is 12.6. The highest BCUT2D eigenvalue weighted by Crippen LogP contribution is 2.16. The average molecular weight is 229 g/mol. The summed E-state index contributed by atoms with van der Waals surface area (Å²) in [4.78, 5) is 2.41. The molecule has 0 bridgehead atoms. The molecule has 2 rings (SSSR count). The highest BCUT2D eigenvalue weighted by Gasteiger charge is 2.28. The van der Waals surface area contributed by atoms with Crippen molar-refractivity contribution < 1.29 is 5.11 Å². The highest BCUT2D eigenvalue weighted by atomic mass is 35.5. The molecule has 3 nitrogen and oxygen atoms in total. The lowest BCUT2D eigenvalue weighted by Gasteiger charge is -2.21. The van der Waals surface area contributed by atoms with Crippen LogP contribution >= 0.6 is 24.8 Å². The van der Waals surface area contributed by atoms with Crippen LogP contribution < -0.4 is 5.32 Å². The summed E-state index contributed by atoms with van der Waals surface area (Å²) in [5.41, 5.74) is 0. The van der Waals surface area contributed by atoms with Crippen molar-refractivity contribution in [2.24, 2.45) is 0 Å². The maximum atomic E-state index is 9.30. The third kappa shape index (κ3) is 3.26. The third-order valence-electron chi connectivity index (χ3n) is 2.75. The van der Waals surface area contributed by atoms with Gasteiger partial charge in [0, 0.05) is 25.7 Å². The molecule has 0 aromatic rings. The van der Waals surface area contributed by atoms with E-state index in [1.165, 1.54) is 6.42 Å².